The highest BCUT2D eigenvalue weighted by Crippen LogP contribution is 2.33. The predicted octanol–water partition coefficient (Wildman–Crippen LogP) is 5.66. The van der Waals surface area contributed by atoms with Gasteiger partial charge in [-0.25, -0.2) is 0 Å². The van der Waals surface area contributed by atoms with Crippen LogP contribution in [0.15, 0.2) is 18.2 Å². The number of hydrogen-bond donors (Lipinski definition) is 0. The SMILES string of the molecule is CCCC(CBr)(CCC)COc1ccc(C)c(C)c1. The normalized spacial score (nSPS) is 11.6. The average molecular weight is 327 g/mol. The molecule has 1 nitrogen and oxygen atoms in total. The molecule has 0 saturated carbocycles. The van der Waals surface area contributed by atoms with Gasteiger partial charge in [-0.2, -0.15) is 0 Å². The minimum atomic E-state index is 0.280. The summed E-state index contributed by atoms with van der Waals surface area (Å²) in [6.07, 6.45) is 4.86. The zero-order valence-electron chi connectivity index (χ0n) is 12.8. The van der Waals surface area contributed by atoms with Crippen LogP contribution in [-0.4, -0.2) is 11.9 Å². The highest BCUT2D eigenvalue weighted by atomic mass is 79.9. The molecule has 0 aliphatic heterocycles. The number of benzene rings is 1. The molecule has 0 aliphatic rings. The van der Waals surface area contributed by atoms with Crippen molar-refractivity contribution >= 4 is 15.9 Å². The first-order valence-electron chi connectivity index (χ1n) is 7.33. The molecular formula is C17H27BrO. The summed E-state index contributed by atoms with van der Waals surface area (Å²) in [5.41, 5.74) is 2.90. The number of rotatable bonds is 8. The van der Waals surface area contributed by atoms with Gasteiger partial charge in [-0.15, -0.1) is 0 Å². The standard InChI is InChI=1S/C17H27BrO/c1-5-9-17(12-18,10-6-2)13-19-16-8-7-14(3)15(4)11-16/h7-8,11H,5-6,9-10,12-13H2,1-4H3. The van der Waals surface area contributed by atoms with E-state index in [0.29, 0.717) is 0 Å². The van der Waals surface area contributed by atoms with E-state index in [4.69, 9.17) is 4.74 Å². The molecule has 2 heteroatoms. The van der Waals surface area contributed by atoms with Gasteiger partial charge in [0, 0.05) is 10.7 Å². The molecule has 0 heterocycles. The molecule has 1 rings (SSSR count). The minimum absolute atomic E-state index is 0.280. The fourth-order valence-electron chi connectivity index (χ4n) is 2.54. The van der Waals surface area contributed by atoms with Crippen LogP contribution in [0.5, 0.6) is 5.75 Å². The lowest BCUT2D eigenvalue weighted by atomic mass is 9.82. The first-order valence-corrected chi connectivity index (χ1v) is 8.45. The van der Waals surface area contributed by atoms with Gasteiger partial charge in [-0.3, -0.25) is 0 Å². The molecule has 0 saturated heterocycles. The number of ether oxygens (including phenoxy) is 1. The van der Waals surface area contributed by atoms with E-state index in [0.717, 1.165) is 17.7 Å². The molecular weight excluding hydrogens is 300 g/mol. The van der Waals surface area contributed by atoms with E-state index < -0.39 is 0 Å². The molecule has 0 aromatic heterocycles. The number of aryl methyl sites for hydroxylation is 2. The van der Waals surface area contributed by atoms with E-state index in [1.54, 1.807) is 0 Å². The minimum Gasteiger partial charge on any atom is -0.493 e. The van der Waals surface area contributed by atoms with Gasteiger partial charge in [0.1, 0.15) is 5.75 Å². The van der Waals surface area contributed by atoms with Crippen LogP contribution < -0.4 is 4.74 Å². The lowest BCUT2D eigenvalue weighted by Gasteiger charge is -2.31. The molecule has 0 spiro atoms. The van der Waals surface area contributed by atoms with Crippen molar-refractivity contribution < 1.29 is 4.74 Å². The Bertz CT molecular complexity index is 381. The fraction of sp³-hybridized carbons (Fsp3) is 0.647. The third-order valence-corrected chi connectivity index (χ3v) is 5.06. The van der Waals surface area contributed by atoms with E-state index >= 15 is 0 Å². The zero-order valence-corrected chi connectivity index (χ0v) is 14.3. The summed E-state index contributed by atoms with van der Waals surface area (Å²) < 4.78 is 6.07. The third kappa shape index (κ3) is 4.83. The summed E-state index contributed by atoms with van der Waals surface area (Å²) in [5.74, 6) is 1.00. The first-order chi connectivity index (χ1) is 9.06. The lowest BCUT2D eigenvalue weighted by molar-refractivity contribution is 0.144. The molecule has 0 bridgehead atoms. The van der Waals surface area contributed by atoms with Crippen LogP contribution in [0.3, 0.4) is 0 Å². The van der Waals surface area contributed by atoms with E-state index in [9.17, 15) is 0 Å². The summed E-state index contributed by atoms with van der Waals surface area (Å²) >= 11 is 3.69. The van der Waals surface area contributed by atoms with Crippen LogP contribution >= 0.6 is 15.9 Å². The van der Waals surface area contributed by atoms with Crippen molar-refractivity contribution in [1.82, 2.24) is 0 Å². The van der Waals surface area contributed by atoms with E-state index in [1.165, 1.54) is 36.8 Å². The van der Waals surface area contributed by atoms with Crippen molar-refractivity contribution in [2.75, 3.05) is 11.9 Å². The Hall–Kier alpha value is -0.500. The maximum atomic E-state index is 6.07. The average Bonchev–Trinajstić information content (AvgIpc) is 2.40. The monoisotopic (exact) mass is 326 g/mol. The maximum Gasteiger partial charge on any atom is 0.119 e. The van der Waals surface area contributed by atoms with Crippen LogP contribution in [0.25, 0.3) is 0 Å². The summed E-state index contributed by atoms with van der Waals surface area (Å²) in [4.78, 5) is 0. The summed E-state index contributed by atoms with van der Waals surface area (Å²) in [6, 6.07) is 6.37. The topological polar surface area (TPSA) is 9.23 Å². The van der Waals surface area contributed by atoms with Crippen LogP contribution in [0, 0.1) is 19.3 Å². The van der Waals surface area contributed by atoms with Crippen molar-refractivity contribution in [1.29, 1.82) is 0 Å². The second-order valence-corrected chi connectivity index (χ2v) is 6.23. The third-order valence-electron chi connectivity index (χ3n) is 3.87. The number of hydrogen-bond acceptors (Lipinski definition) is 1. The van der Waals surface area contributed by atoms with E-state index in [-0.39, 0.29) is 5.41 Å². The second-order valence-electron chi connectivity index (χ2n) is 5.67. The van der Waals surface area contributed by atoms with Crippen LogP contribution in [0.4, 0.5) is 0 Å². The van der Waals surface area contributed by atoms with Gasteiger partial charge in [-0.05, 0) is 49.9 Å². The molecule has 19 heavy (non-hydrogen) atoms. The maximum absolute atomic E-state index is 6.07. The highest BCUT2D eigenvalue weighted by molar-refractivity contribution is 9.09. The molecule has 0 radical (unpaired) electrons. The van der Waals surface area contributed by atoms with Crippen molar-refractivity contribution in [3.8, 4) is 5.75 Å². The van der Waals surface area contributed by atoms with E-state index in [1.807, 2.05) is 0 Å². The van der Waals surface area contributed by atoms with Gasteiger partial charge < -0.3 is 4.74 Å². The fourth-order valence-corrected chi connectivity index (χ4v) is 3.26. The second kappa shape index (κ2) is 7.94. The molecule has 0 amide bonds. The van der Waals surface area contributed by atoms with Crippen LogP contribution in [0.2, 0.25) is 0 Å². The molecule has 108 valence electrons. The Kier molecular flexibility index (Phi) is 6.92. The molecule has 0 fully saturated rings. The van der Waals surface area contributed by atoms with Gasteiger partial charge in [0.2, 0.25) is 0 Å². The first kappa shape index (κ1) is 16.6. The number of halogens is 1. The van der Waals surface area contributed by atoms with Crippen molar-refractivity contribution in [3.63, 3.8) is 0 Å². The van der Waals surface area contributed by atoms with Gasteiger partial charge in [-0.1, -0.05) is 48.7 Å². The van der Waals surface area contributed by atoms with E-state index in [2.05, 4.69) is 61.8 Å². The molecule has 0 aliphatic carbocycles. The summed E-state index contributed by atoms with van der Waals surface area (Å²) in [7, 11) is 0. The Morgan fingerprint density at radius 3 is 2.16 bits per heavy atom. The van der Waals surface area contributed by atoms with Gasteiger partial charge >= 0.3 is 0 Å². The van der Waals surface area contributed by atoms with Crippen LogP contribution in [0.1, 0.15) is 50.7 Å². The van der Waals surface area contributed by atoms with Gasteiger partial charge in [0.15, 0.2) is 0 Å². The Balaban J connectivity index is 2.71. The Labute approximate surface area is 126 Å². The quantitative estimate of drug-likeness (QED) is 0.560. The van der Waals surface area contributed by atoms with Crippen molar-refractivity contribution in [2.24, 2.45) is 5.41 Å². The lowest BCUT2D eigenvalue weighted by Crippen LogP contribution is -2.30. The smallest absolute Gasteiger partial charge is 0.119 e. The largest absolute Gasteiger partial charge is 0.493 e. The Morgan fingerprint density at radius 2 is 1.68 bits per heavy atom. The van der Waals surface area contributed by atoms with Gasteiger partial charge in [0.05, 0.1) is 6.61 Å². The van der Waals surface area contributed by atoms with Gasteiger partial charge in [0.25, 0.3) is 0 Å². The highest BCUT2D eigenvalue weighted by Gasteiger charge is 2.28. The molecule has 1 aromatic rings. The molecule has 0 unspecified atom stereocenters. The van der Waals surface area contributed by atoms with Crippen molar-refractivity contribution in [3.05, 3.63) is 29.3 Å². The summed E-state index contributed by atoms with van der Waals surface area (Å²) in [6.45, 7) is 9.59. The predicted molar refractivity (Wildman–Crippen MR) is 87.5 cm³/mol. The Morgan fingerprint density at radius 1 is 1.05 bits per heavy atom. The number of alkyl halides is 1. The van der Waals surface area contributed by atoms with Crippen molar-refractivity contribution in [2.45, 2.75) is 53.4 Å². The summed E-state index contributed by atoms with van der Waals surface area (Å²) in [5, 5.41) is 1.02. The zero-order chi connectivity index (χ0) is 14.3. The molecule has 0 atom stereocenters. The van der Waals surface area contributed by atoms with Crippen LogP contribution in [-0.2, 0) is 0 Å². The molecule has 0 N–H and O–H groups in total. The molecule has 1 aromatic carbocycles.